The number of methoxy groups -OCH3 is 1. The van der Waals surface area contributed by atoms with E-state index in [2.05, 4.69) is 20.6 Å². The Kier molecular flexibility index (Phi) is 5.37. The standard InChI is InChI=1S/C17H17N5O3S/c1-22-15(23)10-8-13(21-22)16(24)18-17-20-19-14(26-17)9-5-11-3-6-12(25-2)7-4-11/h3-4,6-8,10H,5,9H2,1-2H3,(H,18,20,24). The molecule has 134 valence electrons. The number of carbonyl (C=O) groups excluding carboxylic acids is 1. The molecule has 0 saturated carbocycles. The summed E-state index contributed by atoms with van der Waals surface area (Å²) in [4.78, 5) is 23.5. The van der Waals surface area contributed by atoms with Gasteiger partial charge in [0.1, 0.15) is 16.5 Å². The molecule has 0 atom stereocenters. The average Bonchev–Trinajstić information content (AvgIpc) is 3.10. The molecular formula is C17H17N5O3S. The Hall–Kier alpha value is -3.07. The van der Waals surface area contributed by atoms with Crippen molar-refractivity contribution in [2.24, 2.45) is 7.05 Å². The van der Waals surface area contributed by atoms with Gasteiger partial charge in [-0.05, 0) is 30.2 Å². The molecule has 0 aliphatic heterocycles. The lowest BCUT2D eigenvalue weighted by molar-refractivity contribution is 0.102. The summed E-state index contributed by atoms with van der Waals surface area (Å²) in [6, 6.07) is 10.5. The molecule has 1 N–H and O–H groups in total. The number of anilines is 1. The molecule has 1 amide bonds. The monoisotopic (exact) mass is 371 g/mol. The number of aromatic nitrogens is 4. The predicted molar refractivity (Wildman–Crippen MR) is 97.7 cm³/mol. The second-order valence-electron chi connectivity index (χ2n) is 5.48. The highest BCUT2D eigenvalue weighted by molar-refractivity contribution is 7.15. The maximum atomic E-state index is 12.2. The Labute approximate surface area is 153 Å². The van der Waals surface area contributed by atoms with Crippen LogP contribution in [0.25, 0.3) is 0 Å². The van der Waals surface area contributed by atoms with Gasteiger partial charge in [0.05, 0.1) is 7.11 Å². The van der Waals surface area contributed by atoms with Gasteiger partial charge >= 0.3 is 0 Å². The largest absolute Gasteiger partial charge is 0.497 e. The third-order valence-corrected chi connectivity index (χ3v) is 4.57. The van der Waals surface area contributed by atoms with Crippen molar-refractivity contribution in [3.8, 4) is 5.75 Å². The van der Waals surface area contributed by atoms with E-state index in [9.17, 15) is 9.59 Å². The highest BCUT2D eigenvalue weighted by Gasteiger charge is 2.12. The van der Waals surface area contributed by atoms with Crippen LogP contribution in [-0.2, 0) is 19.9 Å². The number of hydrogen-bond acceptors (Lipinski definition) is 7. The molecule has 0 aliphatic carbocycles. The molecule has 0 unspecified atom stereocenters. The zero-order chi connectivity index (χ0) is 18.5. The Morgan fingerprint density at radius 1 is 1.15 bits per heavy atom. The van der Waals surface area contributed by atoms with Crippen molar-refractivity contribution in [1.29, 1.82) is 0 Å². The summed E-state index contributed by atoms with van der Waals surface area (Å²) in [7, 11) is 3.12. The second-order valence-corrected chi connectivity index (χ2v) is 6.55. The van der Waals surface area contributed by atoms with Gasteiger partial charge in [-0.2, -0.15) is 5.10 Å². The summed E-state index contributed by atoms with van der Waals surface area (Å²) < 4.78 is 6.24. The number of aryl methyl sites for hydroxylation is 3. The highest BCUT2D eigenvalue weighted by atomic mass is 32.1. The molecule has 2 heterocycles. The number of carbonyl (C=O) groups is 1. The van der Waals surface area contributed by atoms with Crippen molar-refractivity contribution in [2.75, 3.05) is 12.4 Å². The first-order chi connectivity index (χ1) is 12.5. The molecule has 9 heteroatoms. The van der Waals surface area contributed by atoms with Crippen LogP contribution in [0, 0.1) is 0 Å². The number of benzene rings is 1. The molecule has 2 aromatic heterocycles. The molecule has 0 fully saturated rings. The number of ether oxygens (including phenoxy) is 1. The predicted octanol–water partition coefficient (Wildman–Crippen LogP) is 1.68. The summed E-state index contributed by atoms with van der Waals surface area (Å²) in [6.45, 7) is 0. The number of rotatable bonds is 6. The van der Waals surface area contributed by atoms with Crippen molar-refractivity contribution < 1.29 is 9.53 Å². The van der Waals surface area contributed by atoms with Crippen LogP contribution < -0.4 is 15.6 Å². The van der Waals surface area contributed by atoms with Gasteiger partial charge in [0, 0.05) is 19.5 Å². The van der Waals surface area contributed by atoms with Gasteiger partial charge in [-0.15, -0.1) is 10.2 Å². The molecule has 0 saturated heterocycles. The zero-order valence-electron chi connectivity index (χ0n) is 14.3. The van der Waals surface area contributed by atoms with E-state index < -0.39 is 5.91 Å². The first-order valence-corrected chi connectivity index (χ1v) is 8.68. The summed E-state index contributed by atoms with van der Waals surface area (Å²) in [5, 5.41) is 15.9. The molecule has 0 spiro atoms. The Bertz CT molecular complexity index is 965. The van der Waals surface area contributed by atoms with Crippen molar-refractivity contribution in [2.45, 2.75) is 12.8 Å². The van der Waals surface area contributed by atoms with Crippen molar-refractivity contribution in [3.05, 3.63) is 63.0 Å². The van der Waals surface area contributed by atoms with Gasteiger partial charge in [0.25, 0.3) is 11.5 Å². The molecule has 1 aromatic carbocycles. The molecule has 0 bridgehead atoms. The number of amides is 1. The summed E-state index contributed by atoms with van der Waals surface area (Å²) in [5.74, 6) is 0.389. The van der Waals surface area contributed by atoms with E-state index in [0.717, 1.165) is 28.3 Å². The normalized spacial score (nSPS) is 10.5. The van der Waals surface area contributed by atoms with Crippen LogP contribution in [0.1, 0.15) is 21.1 Å². The Balaban J connectivity index is 1.59. The average molecular weight is 371 g/mol. The van der Waals surface area contributed by atoms with Crippen LogP contribution in [0.15, 0.2) is 41.2 Å². The lowest BCUT2D eigenvalue weighted by atomic mass is 10.1. The molecule has 0 aliphatic rings. The van der Waals surface area contributed by atoms with E-state index >= 15 is 0 Å². The van der Waals surface area contributed by atoms with Gasteiger partial charge in [-0.3, -0.25) is 14.9 Å². The van der Waals surface area contributed by atoms with Gasteiger partial charge in [0.2, 0.25) is 5.13 Å². The molecular weight excluding hydrogens is 354 g/mol. The van der Waals surface area contributed by atoms with E-state index in [1.165, 1.54) is 36.1 Å². The minimum Gasteiger partial charge on any atom is -0.497 e. The van der Waals surface area contributed by atoms with Crippen LogP contribution in [-0.4, -0.2) is 33.0 Å². The van der Waals surface area contributed by atoms with Gasteiger partial charge < -0.3 is 4.74 Å². The van der Waals surface area contributed by atoms with E-state index in [-0.39, 0.29) is 11.3 Å². The Morgan fingerprint density at radius 2 is 1.92 bits per heavy atom. The third kappa shape index (κ3) is 4.31. The maximum Gasteiger partial charge on any atom is 0.277 e. The van der Waals surface area contributed by atoms with Crippen LogP contribution in [0.2, 0.25) is 0 Å². The van der Waals surface area contributed by atoms with Crippen LogP contribution >= 0.6 is 11.3 Å². The quantitative estimate of drug-likeness (QED) is 0.708. The fraction of sp³-hybridized carbons (Fsp3) is 0.235. The molecule has 26 heavy (non-hydrogen) atoms. The van der Waals surface area contributed by atoms with E-state index in [1.54, 1.807) is 7.11 Å². The van der Waals surface area contributed by atoms with Gasteiger partial charge in [-0.25, -0.2) is 4.68 Å². The maximum absolute atomic E-state index is 12.2. The summed E-state index contributed by atoms with van der Waals surface area (Å²) in [6.07, 6.45) is 1.53. The highest BCUT2D eigenvalue weighted by Crippen LogP contribution is 2.19. The zero-order valence-corrected chi connectivity index (χ0v) is 15.1. The number of nitrogens with zero attached hydrogens (tertiary/aromatic N) is 4. The minimum absolute atomic E-state index is 0.141. The number of nitrogens with one attached hydrogen (secondary N) is 1. The van der Waals surface area contributed by atoms with Crippen LogP contribution in [0.5, 0.6) is 5.75 Å². The minimum atomic E-state index is -0.432. The molecule has 3 aromatic rings. The molecule has 3 rings (SSSR count). The summed E-state index contributed by atoms with van der Waals surface area (Å²) >= 11 is 1.31. The van der Waals surface area contributed by atoms with Crippen molar-refractivity contribution >= 4 is 22.4 Å². The van der Waals surface area contributed by atoms with E-state index in [1.807, 2.05) is 24.3 Å². The van der Waals surface area contributed by atoms with Crippen molar-refractivity contribution in [1.82, 2.24) is 20.0 Å². The third-order valence-electron chi connectivity index (χ3n) is 3.67. The Morgan fingerprint density at radius 3 is 2.62 bits per heavy atom. The van der Waals surface area contributed by atoms with Crippen LogP contribution in [0.4, 0.5) is 5.13 Å². The smallest absolute Gasteiger partial charge is 0.277 e. The van der Waals surface area contributed by atoms with Crippen LogP contribution in [0.3, 0.4) is 0 Å². The van der Waals surface area contributed by atoms with Gasteiger partial charge in [0.15, 0.2) is 0 Å². The number of hydrogen-bond donors (Lipinski definition) is 1. The first kappa shape index (κ1) is 17.7. The van der Waals surface area contributed by atoms with Crippen molar-refractivity contribution in [3.63, 3.8) is 0 Å². The first-order valence-electron chi connectivity index (χ1n) is 7.86. The topological polar surface area (TPSA) is 99.0 Å². The molecule has 8 nitrogen and oxygen atoms in total. The summed E-state index contributed by atoms with van der Waals surface area (Å²) in [5.41, 5.74) is 1.03. The molecule has 0 radical (unpaired) electrons. The lowest BCUT2D eigenvalue weighted by Crippen LogP contribution is -2.23. The lowest BCUT2D eigenvalue weighted by Gasteiger charge is -2.02. The van der Waals surface area contributed by atoms with Gasteiger partial charge in [-0.1, -0.05) is 23.5 Å². The van der Waals surface area contributed by atoms with E-state index in [0.29, 0.717) is 5.13 Å². The fourth-order valence-corrected chi connectivity index (χ4v) is 2.97. The SMILES string of the molecule is COc1ccc(CCc2nnc(NC(=O)c3ccc(=O)n(C)n3)s2)cc1. The fourth-order valence-electron chi connectivity index (χ4n) is 2.23. The second kappa shape index (κ2) is 7.87. The van der Waals surface area contributed by atoms with E-state index in [4.69, 9.17) is 4.74 Å².